The number of phenolic OH excluding ortho intramolecular Hbond substituents is 1. The van der Waals surface area contributed by atoms with Crippen molar-refractivity contribution in [3.8, 4) is 17.0 Å². The quantitative estimate of drug-likeness (QED) is 0.729. The summed E-state index contributed by atoms with van der Waals surface area (Å²) in [5.74, 6) is 0.777. The number of piperidine rings is 1. The maximum absolute atomic E-state index is 14.8. The summed E-state index contributed by atoms with van der Waals surface area (Å²) in [4.78, 5) is 15.1. The van der Waals surface area contributed by atoms with Gasteiger partial charge in [-0.25, -0.2) is 9.37 Å². The SMILES string of the molecule is CN(c1cnc(-c2ccc3ncccc3c2O)cn1)[C@@H]1CC2CC[C@H](N2)[C@@H]1F. The lowest BCUT2D eigenvalue weighted by Crippen LogP contribution is -2.55. The first-order valence-corrected chi connectivity index (χ1v) is 9.64. The van der Waals surface area contributed by atoms with Crippen LogP contribution in [0, 0.1) is 0 Å². The molecule has 0 aliphatic carbocycles. The first kappa shape index (κ1) is 17.3. The molecule has 7 heteroatoms. The molecule has 2 aliphatic rings. The third-order valence-electron chi connectivity index (χ3n) is 6.08. The van der Waals surface area contributed by atoms with Gasteiger partial charge in [0.1, 0.15) is 17.7 Å². The molecule has 28 heavy (non-hydrogen) atoms. The van der Waals surface area contributed by atoms with Crippen LogP contribution in [0.4, 0.5) is 10.2 Å². The van der Waals surface area contributed by atoms with Gasteiger partial charge in [0.15, 0.2) is 0 Å². The zero-order chi connectivity index (χ0) is 19.3. The number of hydrogen-bond donors (Lipinski definition) is 2. The number of rotatable bonds is 3. The van der Waals surface area contributed by atoms with E-state index in [0.717, 1.165) is 24.8 Å². The number of phenols is 1. The van der Waals surface area contributed by atoms with E-state index in [9.17, 15) is 9.50 Å². The Morgan fingerprint density at radius 3 is 2.86 bits per heavy atom. The van der Waals surface area contributed by atoms with Crippen LogP contribution >= 0.6 is 0 Å². The smallest absolute Gasteiger partial charge is 0.147 e. The highest BCUT2D eigenvalue weighted by Gasteiger charge is 2.43. The molecule has 0 radical (unpaired) electrons. The van der Waals surface area contributed by atoms with Crippen LogP contribution in [0.1, 0.15) is 19.3 Å². The fraction of sp³-hybridized carbons (Fsp3) is 0.381. The number of fused-ring (bicyclic) bond motifs is 3. The van der Waals surface area contributed by atoms with Gasteiger partial charge < -0.3 is 15.3 Å². The molecule has 2 aromatic heterocycles. The Labute approximate surface area is 162 Å². The van der Waals surface area contributed by atoms with Crippen LogP contribution in [-0.4, -0.2) is 51.4 Å². The van der Waals surface area contributed by atoms with Gasteiger partial charge in [-0.1, -0.05) is 0 Å². The Morgan fingerprint density at radius 2 is 2.04 bits per heavy atom. The predicted molar refractivity (Wildman–Crippen MR) is 106 cm³/mol. The van der Waals surface area contributed by atoms with E-state index in [4.69, 9.17) is 0 Å². The lowest BCUT2D eigenvalue weighted by Gasteiger charge is -2.38. The van der Waals surface area contributed by atoms with E-state index in [2.05, 4.69) is 20.3 Å². The summed E-state index contributed by atoms with van der Waals surface area (Å²) in [6.07, 6.45) is 6.77. The number of hydrogen-bond acceptors (Lipinski definition) is 6. The van der Waals surface area contributed by atoms with Crippen molar-refractivity contribution in [2.75, 3.05) is 11.9 Å². The van der Waals surface area contributed by atoms with Crippen LogP contribution < -0.4 is 10.2 Å². The molecule has 1 aromatic carbocycles. The summed E-state index contributed by atoms with van der Waals surface area (Å²) in [6.45, 7) is 0. The number of pyridine rings is 1. The van der Waals surface area contributed by atoms with Crippen LogP contribution in [-0.2, 0) is 0 Å². The normalized spacial score (nSPS) is 26.5. The Bertz CT molecular complexity index is 1010. The molecular weight excluding hydrogens is 357 g/mol. The molecule has 3 aromatic rings. The highest BCUT2D eigenvalue weighted by Crippen LogP contribution is 2.35. The van der Waals surface area contributed by atoms with Gasteiger partial charge in [-0.15, -0.1) is 0 Å². The lowest BCUT2D eigenvalue weighted by atomic mass is 9.96. The number of nitrogens with zero attached hydrogens (tertiary/aromatic N) is 4. The van der Waals surface area contributed by atoms with Gasteiger partial charge in [-0.05, 0) is 43.5 Å². The van der Waals surface area contributed by atoms with Gasteiger partial charge in [0, 0.05) is 36.3 Å². The van der Waals surface area contributed by atoms with Gasteiger partial charge in [-0.2, -0.15) is 0 Å². The minimum Gasteiger partial charge on any atom is -0.507 e. The fourth-order valence-corrected chi connectivity index (χ4v) is 4.50. The van der Waals surface area contributed by atoms with Crippen LogP contribution in [0.25, 0.3) is 22.2 Å². The second kappa shape index (κ2) is 6.67. The van der Waals surface area contributed by atoms with E-state index < -0.39 is 6.17 Å². The maximum Gasteiger partial charge on any atom is 0.147 e. The van der Waals surface area contributed by atoms with Crippen molar-refractivity contribution in [3.63, 3.8) is 0 Å². The fourth-order valence-electron chi connectivity index (χ4n) is 4.50. The molecule has 4 heterocycles. The van der Waals surface area contributed by atoms with Crippen molar-refractivity contribution in [1.82, 2.24) is 20.3 Å². The van der Waals surface area contributed by atoms with Crippen molar-refractivity contribution in [2.45, 2.75) is 43.6 Å². The maximum atomic E-state index is 14.8. The molecule has 2 fully saturated rings. The number of aromatic hydroxyl groups is 1. The highest BCUT2D eigenvalue weighted by atomic mass is 19.1. The molecule has 0 amide bonds. The van der Waals surface area contributed by atoms with Gasteiger partial charge in [-0.3, -0.25) is 9.97 Å². The van der Waals surface area contributed by atoms with Crippen molar-refractivity contribution in [1.29, 1.82) is 0 Å². The monoisotopic (exact) mass is 379 g/mol. The standard InChI is InChI=1S/C21H22FN5O/c1-27(18-9-12-4-6-16(26-12)20(18)22)19-11-24-17(10-25-19)14-5-7-15-13(21(14)28)3-2-8-23-15/h2-3,5,7-8,10-12,16,18,20,26,28H,4,6,9H2,1H3/t12?,16-,18+,20-/m0/s1. The second-order valence-corrected chi connectivity index (χ2v) is 7.70. The van der Waals surface area contributed by atoms with Gasteiger partial charge in [0.25, 0.3) is 0 Å². The number of nitrogens with one attached hydrogen (secondary N) is 1. The van der Waals surface area contributed by atoms with Crippen LogP contribution in [0.5, 0.6) is 5.75 Å². The second-order valence-electron chi connectivity index (χ2n) is 7.70. The summed E-state index contributed by atoms with van der Waals surface area (Å²) in [5.41, 5.74) is 1.90. The lowest BCUT2D eigenvalue weighted by molar-refractivity contribution is 0.176. The molecule has 6 nitrogen and oxygen atoms in total. The number of anilines is 1. The number of benzene rings is 1. The van der Waals surface area contributed by atoms with Crippen LogP contribution in [0.15, 0.2) is 42.9 Å². The molecule has 2 N–H and O–H groups in total. The van der Waals surface area contributed by atoms with E-state index in [1.807, 2.05) is 24.1 Å². The van der Waals surface area contributed by atoms with Crippen molar-refractivity contribution in [3.05, 3.63) is 42.9 Å². The van der Waals surface area contributed by atoms with Crippen molar-refractivity contribution < 1.29 is 9.50 Å². The zero-order valence-electron chi connectivity index (χ0n) is 15.6. The van der Waals surface area contributed by atoms with Crippen LogP contribution in [0.3, 0.4) is 0 Å². The Morgan fingerprint density at radius 1 is 1.14 bits per heavy atom. The number of halogens is 1. The molecule has 144 valence electrons. The number of alkyl halides is 1. The Balaban J connectivity index is 1.42. The molecule has 5 rings (SSSR count). The van der Waals surface area contributed by atoms with E-state index in [1.54, 1.807) is 30.7 Å². The minimum absolute atomic E-state index is 0.0541. The first-order chi connectivity index (χ1) is 13.6. The molecule has 4 atom stereocenters. The van der Waals surface area contributed by atoms with Gasteiger partial charge >= 0.3 is 0 Å². The summed E-state index contributed by atoms with van der Waals surface area (Å²) >= 11 is 0. The largest absolute Gasteiger partial charge is 0.507 e. The summed E-state index contributed by atoms with van der Waals surface area (Å²) < 4.78 is 14.8. The van der Waals surface area contributed by atoms with E-state index >= 15 is 0 Å². The Kier molecular flexibility index (Phi) is 4.12. The molecule has 2 bridgehead atoms. The topological polar surface area (TPSA) is 74.2 Å². The average molecular weight is 379 g/mol. The molecule has 2 saturated heterocycles. The van der Waals surface area contributed by atoms with E-state index in [0.29, 0.717) is 28.5 Å². The summed E-state index contributed by atoms with van der Waals surface area (Å²) in [7, 11) is 1.88. The van der Waals surface area contributed by atoms with Crippen molar-refractivity contribution in [2.24, 2.45) is 0 Å². The van der Waals surface area contributed by atoms with Gasteiger partial charge in [0.2, 0.25) is 0 Å². The zero-order valence-corrected chi connectivity index (χ0v) is 15.6. The molecule has 1 unspecified atom stereocenters. The molecule has 0 saturated carbocycles. The van der Waals surface area contributed by atoms with E-state index in [1.165, 1.54) is 0 Å². The molecule has 2 aliphatic heterocycles. The van der Waals surface area contributed by atoms with Crippen molar-refractivity contribution >= 4 is 16.7 Å². The van der Waals surface area contributed by atoms with Gasteiger partial charge in [0.05, 0.1) is 29.6 Å². The minimum atomic E-state index is -0.915. The Hall–Kier alpha value is -2.80. The average Bonchev–Trinajstić information content (AvgIpc) is 3.14. The first-order valence-electron chi connectivity index (χ1n) is 9.64. The third-order valence-corrected chi connectivity index (χ3v) is 6.08. The predicted octanol–water partition coefficient (Wildman–Crippen LogP) is 3.06. The number of aromatic nitrogens is 3. The highest BCUT2D eigenvalue weighted by molar-refractivity contribution is 5.91. The van der Waals surface area contributed by atoms with Crippen LogP contribution in [0.2, 0.25) is 0 Å². The summed E-state index contributed by atoms with van der Waals surface area (Å²) in [6, 6.07) is 7.39. The molecular formula is C21H22FN5O. The van der Waals surface area contributed by atoms with E-state index in [-0.39, 0.29) is 17.8 Å². The molecule has 0 spiro atoms. The third kappa shape index (κ3) is 2.77. The summed E-state index contributed by atoms with van der Waals surface area (Å²) in [5, 5.41) is 14.6.